The van der Waals surface area contributed by atoms with E-state index < -0.39 is 0 Å². The van der Waals surface area contributed by atoms with Crippen molar-refractivity contribution < 1.29 is 0 Å². The predicted molar refractivity (Wildman–Crippen MR) is 62.4 cm³/mol. The van der Waals surface area contributed by atoms with Crippen molar-refractivity contribution in [2.24, 2.45) is 0 Å². The van der Waals surface area contributed by atoms with E-state index in [1.165, 1.54) is 44.4 Å². The second-order valence-electron chi connectivity index (χ2n) is 3.62. The number of hydrogen-bond acceptors (Lipinski definition) is 2. The van der Waals surface area contributed by atoms with Gasteiger partial charge in [0, 0.05) is 6.04 Å². The largest absolute Gasteiger partial charge is 0.311 e. The first kappa shape index (κ1) is 11.1. The zero-order valence-electron chi connectivity index (χ0n) is 8.59. The Hall–Kier alpha value is 0.0500. The Labute approximate surface area is 86.4 Å². The summed E-state index contributed by atoms with van der Waals surface area (Å²) in [5.74, 6) is 1.31. The van der Waals surface area contributed by atoms with Crippen molar-refractivity contribution in [3.05, 3.63) is 12.2 Å². The molecule has 1 unspecified atom stereocenters. The Morgan fingerprint density at radius 2 is 2.38 bits per heavy atom. The van der Waals surface area contributed by atoms with Crippen LogP contribution >= 0.6 is 11.8 Å². The standard InChI is InChI=1S/C11H21NS/c1-13-10-6-5-9-12-11-7-3-2-4-8-11/h3,7,11-12H,2,4-6,8-10H2,1H3. The average molecular weight is 199 g/mol. The fraction of sp³-hybridized carbons (Fsp3) is 0.818. The van der Waals surface area contributed by atoms with Gasteiger partial charge < -0.3 is 5.32 Å². The minimum Gasteiger partial charge on any atom is -0.311 e. The van der Waals surface area contributed by atoms with Gasteiger partial charge in [0.2, 0.25) is 0 Å². The van der Waals surface area contributed by atoms with Crippen LogP contribution in [0.1, 0.15) is 32.1 Å². The molecule has 0 fully saturated rings. The summed E-state index contributed by atoms with van der Waals surface area (Å²) in [4.78, 5) is 0. The summed E-state index contributed by atoms with van der Waals surface area (Å²) in [6, 6.07) is 0.669. The SMILES string of the molecule is CSCCCCNC1C=CCCC1. The summed E-state index contributed by atoms with van der Waals surface area (Å²) < 4.78 is 0. The highest BCUT2D eigenvalue weighted by molar-refractivity contribution is 7.98. The third kappa shape index (κ3) is 5.37. The number of rotatable bonds is 6. The molecule has 1 nitrogen and oxygen atoms in total. The van der Waals surface area contributed by atoms with Crippen molar-refractivity contribution in [2.45, 2.75) is 38.1 Å². The Kier molecular flexibility index (Phi) is 6.38. The lowest BCUT2D eigenvalue weighted by Crippen LogP contribution is -2.29. The van der Waals surface area contributed by atoms with E-state index in [-0.39, 0.29) is 0 Å². The van der Waals surface area contributed by atoms with Gasteiger partial charge in [0.15, 0.2) is 0 Å². The molecule has 0 aromatic rings. The average Bonchev–Trinajstić information content (AvgIpc) is 2.19. The van der Waals surface area contributed by atoms with Crippen LogP contribution in [0.3, 0.4) is 0 Å². The maximum absolute atomic E-state index is 3.58. The second-order valence-corrected chi connectivity index (χ2v) is 4.61. The van der Waals surface area contributed by atoms with Crippen LogP contribution in [-0.4, -0.2) is 24.6 Å². The molecule has 13 heavy (non-hydrogen) atoms. The highest BCUT2D eigenvalue weighted by atomic mass is 32.2. The van der Waals surface area contributed by atoms with Gasteiger partial charge >= 0.3 is 0 Å². The minimum atomic E-state index is 0.669. The van der Waals surface area contributed by atoms with Crippen LogP contribution in [0.25, 0.3) is 0 Å². The molecule has 0 aromatic heterocycles. The molecule has 0 heterocycles. The first-order valence-electron chi connectivity index (χ1n) is 5.32. The Morgan fingerprint density at radius 1 is 1.46 bits per heavy atom. The van der Waals surface area contributed by atoms with E-state index in [4.69, 9.17) is 0 Å². The van der Waals surface area contributed by atoms with Crippen LogP contribution in [0, 0.1) is 0 Å². The summed E-state index contributed by atoms with van der Waals surface area (Å²) in [5.41, 5.74) is 0. The molecule has 1 aliphatic rings. The van der Waals surface area contributed by atoms with Crippen molar-refractivity contribution >= 4 is 11.8 Å². The molecule has 0 amide bonds. The van der Waals surface area contributed by atoms with Crippen LogP contribution in [0.15, 0.2) is 12.2 Å². The van der Waals surface area contributed by atoms with Gasteiger partial charge in [-0.05, 0) is 50.7 Å². The van der Waals surface area contributed by atoms with Gasteiger partial charge in [-0.3, -0.25) is 0 Å². The van der Waals surface area contributed by atoms with Gasteiger partial charge in [0.25, 0.3) is 0 Å². The minimum absolute atomic E-state index is 0.669. The number of allylic oxidation sites excluding steroid dienone is 1. The molecule has 0 saturated carbocycles. The molecule has 0 aliphatic heterocycles. The first-order valence-corrected chi connectivity index (χ1v) is 6.72. The zero-order valence-corrected chi connectivity index (χ0v) is 9.41. The lowest BCUT2D eigenvalue weighted by Gasteiger charge is -2.17. The molecule has 0 aromatic carbocycles. The lowest BCUT2D eigenvalue weighted by atomic mass is 10.0. The van der Waals surface area contributed by atoms with Gasteiger partial charge in [-0.1, -0.05) is 12.2 Å². The molecule has 76 valence electrons. The molecular weight excluding hydrogens is 178 g/mol. The predicted octanol–water partition coefficient (Wildman–Crippen LogP) is 2.83. The molecular formula is C11H21NS. The Bertz CT molecular complexity index is 145. The van der Waals surface area contributed by atoms with Crippen LogP contribution in [0.4, 0.5) is 0 Å². The van der Waals surface area contributed by atoms with Crippen LogP contribution in [0.5, 0.6) is 0 Å². The second kappa shape index (κ2) is 7.45. The Morgan fingerprint density at radius 3 is 3.08 bits per heavy atom. The number of thioether (sulfide) groups is 1. The van der Waals surface area contributed by atoms with Crippen molar-refractivity contribution in [2.75, 3.05) is 18.6 Å². The molecule has 0 spiro atoms. The Balaban J connectivity index is 1.92. The quantitative estimate of drug-likeness (QED) is 0.521. The smallest absolute Gasteiger partial charge is 0.0250 e. The van der Waals surface area contributed by atoms with E-state index in [0.717, 1.165) is 0 Å². The van der Waals surface area contributed by atoms with E-state index in [9.17, 15) is 0 Å². The molecule has 1 atom stereocenters. The maximum atomic E-state index is 3.58. The van der Waals surface area contributed by atoms with Crippen molar-refractivity contribution in [1.29, 1.82) is 0 Å². The number of unbranched alkanes of at least 4 members (excludes halogenated alkanes) is 1. The van der Waals surface area contributed by atoms with E-state index in [1.54, 1.807) is 0 Å². The first-order chi connectivity index (χ1) is 6.43. The fourth-order valence-corrected chi connectivity index (χ4v) is 2.13. The molecule has 1 aliphatic carbocycles. The molecule has 1 N–H and O–H groups in total. The van der Waals surface area contributed by atoms with Crippen molar-refractivity contribution in [1.82, 2.24) is 5.32 Å². The maximum Gasteiger partial charge on any atom is 0.0250 e. The zero-order chi connectivity index (χ0) is 9.36. The summed E-state index contributed by atoms with van der Waals surface area (Å²) in [7, 11) is 0. The normalized spacial score (nSPS) is 22.1. The van der Waals surface area contributed by atoms with Crippen LogP contribution in [-0.2, 0) is 0 Å². The van der Waals surface area contributed by atoms with Gasteiger partial charge in [-0.2, -0.15) is 11.8 Å². The lowest BCUT2D eigenvalue weighted by molar-refractivity contribution is 0.513. The fourth-order valence-electron chi connectivity index (χ4n) is 1.64. The highest BCUT2D eigenvalue weighted by Crippen LogP contribution is 2.10. The third-order valence-corrected chi connectivity index (χ3v) is 3.13. The number of nitrogens with one attached hydrogen (secondary N) is 1. The number of hydrogen-bond donors (Lipinski definition) is 1. The van der Waals surface area contributed by atoms with Crippen molar-refractivity contribution in [3.8, 4) is 0 Å². The summed E-state index contributed by atoms with van der Waals surface area (Å²) in [6.45, 7) is 1.19. The topological polar surface area (TPSA) is 12.0 Å². The summed E-state index contributed by atoms with van der Waals surface area (Å²) >= 11 is 1.95. The molecule has 1 rings (SSSR count). The monoisotopic (exact) mass is 199 g/mol. The third-order valence-electron chi connectivity index (χ3n) is 2.44. The molecule has 0 bridgehead atoms. The van der Waals surface area contributed by atoms with Crippen molar-refractivity contribution in [3.63, 3.8) is 0 Å². The van der Waals surface area contributed by atoms with Crippen LogP contribution < -0.4 is 5.32 Å². The highest BCUT2D eigenvalue weighted by Gasteiger charge is 2.05. The van der Waals surface area contributed by atoms with Gasteiger partial charge in [0.1, 0.15) is 0 Å². The molecule has 2 heteroatoms. The van der Waals surface area contributed by atoms with Gasteiger partial charge in [0.05, 0.1) is 0 Å². The van der Waals surface area contributed by atoms with E-state index in [1.807, 2.05) is 11.8 Å². The van der Waals surface area contributed by atoms with Crippen LogP contribution in [0.2, 0.25) is 0 Å². The van der Waals surface area contributed by atoms with E-state index in [0.29, 0.717) is 6.04 Å². The van der Waals surface area contributed by atoms with E-state index >= 15 is 0 Å². The van der Waals surface area contributed by atoms with Gasteiger partial charge in [-0.15, -0.1) is 0 Å². The van der Waals surface area contributed by atoms with Gasteiger partial charge in [-0.25, -0.2) is 0 Å². The molecule has 0 radical (unpaired) electrons. The summed E-state index contributed by atoms with van der Waals surface area (Å²) in [6.07, 6.45) is 13.5. The summed E-state index contributed by atoms with van der Waals surface area (Å²) in [5, 5.41) is 3.58. The van der Waals surface area contributed by atoms with E-state index in [2.05, 4.69) is 23.7 Å². The molecule has 0 saturated heterocycles.